The number of Topliss-reactive ketones (excluding diaryl/α,β-unsaturated/α-hetero) is 1. The van der Waals surface area contributed by atoms with Crippen molar-refractivity contribution in [2.45, 2.75) is 31.8 Å². The fraction of sp³-hybridized carbons (Fsp3) is 0.211. The lowest BCUT2D eigenvalue weighted by Crippen LogP contribution is -2.12. The number of rotatable bonds is 6. The van der Waals surface area contributed by atoms with E-state index in [-0.39, 0.29) is 15.9 Å². The maximum Gasteiger partial charge on any atom is 0.210 e. The van der Waals surface area contributed by atoms with Crippen molar-refractivity contribution in [2.24, 2.45) is 0 Å². The van der Waals surface area contributed by atoms with Crippen molar-refractivity contribution < 1.29 is 17.9 Å². The zero-order valence-corrected chi connectivity index (χ0v) is 14.7. The van der Waals surface area contributed by atoms with Gasteiger partial charge in [-0.2, -0.15) is 0 Å². The van der Waals surface area contributed by atoms with Gasteiger partial charge in [0, 0.05) is 5.56 Å². The molecular weight excluding hydrogens is 324 g/mol. The second kappa shape index (κ2) is 7.45. The molecule has 24 heavy (non-hydrogen) atoms. The summed E-state index contributed by atoms with van der Waals surface area (Å²) >= 11 is 0. The molecule has 0 bridgehead atoms. The van der Waals surface area contributed by atoms with Crippen LogP contribution in [0.1, 0.15) is 26.3 Å². The van der Waals surface area contributed by atoms with Crippen molar-refractivity contribution in [3.8, 4) is 5.75 Å². The normalized spacial score (nSPS) is 12.2. The lowest BCUT2D eigenvalue weighted by molar-refractivity contribution is -0.112. The van der Waals surface area contributed by atoms with E-state index in [1.165, 1.54) is 25.1 Å². The first-order valence-corrected chi connectivity index (χ1v) is 9.09. The summed E-state index contributed by atoms with van der Waals surface area (Å²) in [5, 5.41) is 0. The Hall–Kier alpha value is -2.40. The van der Waals surface area contributed by atoms with E-state index in [0.717, 1.165) is 0 Å². The highest BCUT2D eigenvalue weighted by atomic mass is 32.2. The molecule has 0 saturated heterocycles. The molecule has 0 radical (unpaired) electrons. The summed E-state index contributed by atoms with van der Waals surface area (Å²) in [4.78, 5) is 11.8. The lowest BCUT2D eigenvalue weighted by atomic mass is 10.1. The van der Waals surface area contributed by atoms with Crippen molar-refractivity contribution >= 4 is 21.7 Å². The molecule has 4 nitrogen and oxygen atoms in total. The summed E-state index contributed by atoms with van der Waals surface area (Å²) in [6, 6.07) is 15.0. The third kappa shape index (κ3) is 4.11. The van der Waals surface area contributed by atoms with E-state index >= 15 is 0 Å². The Morgan fingerprint density at radius 3 is 2.17 bits per heavy atom. The number of carbonyl (C=O) groups is 1. The minimum atomic E-state index is -3.89. The third-order valence-corrected chi connectivity index (χ3v) is 5.14. The van der Waals surface area contributed by atoms with Gasteiger partial charge in [0.25, 0.3) is 0 Å². The molecule has 0 heterocycles. The van der Waals surface area contributed by atoms with Crippen LogP contribution in [0.4, 0.5) is 0 Å². The van der Waals surface area contributed by atoms with Gasteiger partial charge in [-0.15, -0.1) is 0 Å². The van der Waals surface area contributed by atoms with Crippen LogP contribution >= 0.6 is 0 Å². The van der Waals surface area contributed by atoms with E-state index in [2.05, 4.69) is 0 Å². The highest BCUT2D eigenvalue weighted by molar-refractivity contribution is 7.96. The number of hydrogen-bond donors (Lipinski definition) is 0. The van der Waals surface area contributed by atoms with Crippen LogP contribution in [0.5, 0.6) is 5.75 Å². The van der Waals surface area contributed by atoms with Gasteiger partial charge in [0.05, 0.1) is 11.0 Å². The number of sulfone groups is 1. The third-order valence-electron chi connectivity index (χ3n) is 3.26. The van der Waals surface area contributed by atoms with Gasteiger partial charge < -0.3 is 4.74 Å². The van der Waals surface area contributed by atoms with Crippen LogP contribution in [-0.4, -0.2) is 20.3 Å². The van der Waals surface area contributed by atoms with Crippen molar-refractivity contribution in [1.29, 1.82) is 0 Å². The quantitative estimate of drug-likeness (QED) is 0.746. The first-order chi connectivity index (χ1) is 11.3. The van der Waals surface area contributed by atoms with Gasteiger partial charge in [-0.1, -0.05) is 36.4 Å². The number of ether oxygens (including phenoxy) is 1. The fourth-order valence-electron chi connectivity index (χ4n) is 2.20. The summed E-state index contributed by atoms with van der Waals surface area (Å²) < 4.78 is 31.3. The zero-order valence-electron chi connectivity index (χ0n) is 13.9. The van der Waals surface area contributed by atoms with Crippen LogP contribution in [0.2, 0.25) is 0 Å². The second-order valence-electron chi connectivity index (χ2n) is 5.59. The van der Waals surface area contributed by atoms with Crippen molar-refractivity contribution in [2.75, 3.05) is 0 Å². The van der Waals surface area contributed by atoms with Crippen LogP contribution in [0, 0.1) is 0 Å². The molecule has 0 unspecified atom stereocenters. The van der Waals surface area contributed by atoms with Gasteiger partial charge in [-0.3, -0.25) is 4.79 Å². The lowest BCUT2D eigenvalue weighted by Gasteiger charge is -2.13. The number of ketones is 1. The molecule has 0 spiro atoms. The Bertz CT molecular complexity index is 850. The van der Waals surface area contributed by atoms with Crippen molar-refractivity contribution in [3.05, 3.63) is 65.1 Å². The first kappa shape index (κ1) is 17.9. The molecule has 0 amide bonds. The summed E-state index contributed by atoms with van der Waals surface area (Å²) in [5.41, 5.74) is 0.552. The average molecular weight is 344 g/mol. The van der Waals surface area contributed by atoms with Crippen LogP contribution < -0.4 is 4.74 Å². The van der Waals surface area contributed by atoms with E-state index in [4.69, 9.17) is 4.74 Å². The standard InChI is InChI=1S/C19H20O4S/c1-14(2)23-18-12-8-7-9-16(18)13-19(15(3)20)24(21,22)17-10-5-4-6-11-17/h4-14H,1-3H3/b19-13+. The molecule has 0 N–H and O–H groups in total. The van der Waals surface area contributed by atoms with Gasteiger partial charge in [-0.25, -0.2) is 8.42 Å². The molecule has 0 aliphatic rings. The SMILES string of the molecule is CC(=O)/C(=C\c1ccccc1OC(C)C)S(=O)(=O)c1ccccc1. The topological polar surface area (TPSA) is 60.4 Å². The van der Waals surface area contributed by atoms with E-state index < -0.39 is 15.6 Å². The summed E-state index contributed by atoms with van der Waals surface area (Å²) in [5.74, 6) is 0.0210. The monoisotopic (exact) mass is 344 g/mol. The van der Waals surface area contributed by atoms with Crippen molar-refractivity contribution in [3.63, 3.8) is 0 Å². The summed E-state index contributed by atoms with van der Waals surface area (Å²) in [6.07, 6.45) is 1.31. The van der Waals surface area contributed by atoms with E-state index in [0.29, 0.717) is 11.3 Å². The predicted molar refractivity (Wildman–Crippen MR) is 94.5 cm³/mol. The molecular formula is C19H20O4S. The minimum Gasteiger partial charge on any atom is -0.490 e. The highest BCUT2D eigenvalue weighted by Crippen LogP contribution is 2.27. The molecule has 5 heteroatoms. The number of para-hydroxylation sites is 1. The number of carbonyl (C=O) groups excluding carboxylic acids is 1. The van der Waals surface area contributed by atoms with Gasteiger partial charge >= 0.3 is 0 Å². The summed E-state index contributed by atoms with van der Waals surface area (Å²) in [6.45, 7) is 5.01. The van der Waals surface area contributed by atoms with E-state index in [1.54, 1.807) is 42.5 Å². The second-order valence-corrected chi connectivity index (χ2v) is 7.50. The molecule has 0 atom stereocenters. The van der Waals surface area contributed by atoms with Crippen LogP contribution in [0.15, 0.2) is 64.4 Å². The van der Waals surface area contributed by atoms with Gasteiger partial charge in [0.1, 0.15) is 10.7 Å². The minimum absolute atomic E-state index is 0.0638. The molecule has 0 fully saturated rings. The molecule has 2 aromatic carbocycles. The number of hydrogen-bond acceptors (Lipinski definition) is 4. The van der Waals surface area contributed by atoms with E-state index in [9.17, 15) is 13.2 Å². The predicted octanol–water partition coefficient (Wildman–Crippen LogP) is 3.88. The van der Waals surface area contributed by atoms with Crippen LogP contribution in [0.25, 0.3) is 6.08 Å². The zero-order chi connectivity index (χ0) is 17.7. The molecule has 0 aliphatic carbocycles. The first-order valence-electron chi connectivity index (χ1n) is 7.61. The Balaban J connectivity index is 2.57. The number of allylic oxidation sites excluding steroid dienone is 1. The Morgan fingerprint density at radius 2 is 1.58 bits per heavy atom. The van der Waals surface area contributed by atoms with Crippen molar-refractivity contribution in [1.82, 2.24) is 0 Å². The van der Waals surface area contributed by atoms with Crippen LogP contribution in [-0.2, 0) is 14.6 Å². The largest absolute Gasteiger partial charge is 0.490 e. The molecule has 0 saturated carbocycles. The average Bonchev–Trinajstić information content (AvgIpc) is 2.53. The van der Waals surface area contributed by atoms with E-state index in [1.807, 2.05) is 13.8 Å². The molecule has 0 aromatic heterocycles. The number of benzene rings is 2. The molecule has 2 rings (SSSR count). The maximum atomic E-state index is 12.8. The van der Waals surface area contributed by atoms with Crippen LogP contribution in [0.3, 0.4) is 0 Å². The highest BCUT2D eigenvalue weighted by Gasteiger charge is 2.24. The van der Waals surface area contributed by atoms with Gasteiger partial charge in [0.15, 0.2) is 5.78 Å². The Morgan fingerprint density at radius 1 is 1.00 bits per heavy atom. The molecule has 2 aromatic rings. The molecule has 0 aliphatic heterocycles. The Labute approximate surface area is 142 Å². The molecule has 126 valence electrons. The maximum absolute atomic E-state index is 12.8. The smallest absolute Gasteiger partial charge is 0.210 e. The van der Waals surface area contributed by atoms with Gasteiger partial charge in [-0.05, 0) is 45.0 Å². The fourth-order valence-corrected chi connectivity index (χ4v) is 3.63. The summed E-state index contributed by atoms with van der Waals surface area (Å²) in [7, 11) is -3.89. The Kier molecular flexibility index (Phi) is 5.57. The van der Waals surface area contributed by atoms with Gasteiger partial charge in [0.2, 0.25) is 9.84 Å².